The molecule has 1 aromatic rings. The minimum Gasteiger partial charge on any atom is -0.481 e. The Morgan fingerprint density at radius 1 is 1.35 bits per heavy atom. The third-order valence-corrected chi connectivity index (χ3v) is 6.92. The van der Waals surface area contributed by atoms with Crippen molar-refractivity contribution in [3.05, 3.63) is 46.0 Å². The first-order chi connectivity index (χ1) is 12.5. The Morgan fingerprint density at radius 2 is 2.15 bits per heavy atom. The van der Waals surface area contributed by atoms with Gasteiger partial charge in [-0.3, -0.25) is 4.79 Å². The summed E-state index contributed by atoms with van der Waals surface area (Å²) in [7, 11) is 0. The number of benzene rings is 1. The van der Waals surface area contributed by atoms with E-state index < -0.39 is 5.97 Å². The first kappa shape index (κ1) is 19.6. The first-order valence-electron chi connectivity index (χ1n) is 9.89. The van der Waals surface area contributed by atoms with E-state index in [2.05, 4.69) is 58.5 Å². The average molecular weight is 420 g/mol. The zero-order valence-corrected chi connectivity index (χ0v) is 17.2. The minimum absolute atomic E-state index is 0.275. The third-order valence-electron chi connectivity index (χ3n) is 6.18. The number of hydrogen-bond acceptors (Lipinski definition) is 2. The number of nitrogens with one attached hydrogen (secondary N) is 1. The maximum Gasteiger partial charge on any atom is 0.303 e. The number of unbranched alkanes of at least 4 members (excludes halogenated alkanes) is 1. The predicted molar refractivity (Wildman–Crippen MR) is 109 cm³/mol. The summed E-state index contributed by atoms with van der Waals surface area (Å²) in [6.45, 7) is 4.10. The fourth-order valence-electron chi connectivity index (χ4n) is 4.85. The van der Waals surface area contributed by atoms with E-state index in [9.17, 15) is 4.79 Å². The molecular weight excluding hydrogens is 390 g/mol. The zero-order valence-electron chi connectivity index (χ0n) is 15.6. The van der Waals surface area contributed by atoms with Crippen LogP contribution >= 0.6 is 15.9 Å². The Bertz CT molecular complexity index is 658. The Kier molecular flexibility index (Phi) is 6.93. The van der Waals surface area contributed by atoms with Crippen LogP contribution in [0.3, 0.4) is 0 Å². The van der Waals surface area contributed by atoms with Crippen LogP contribution in [0.2, 0.25) is 0 Å². The van der Waals surface area contributed by atoms with Crippen LogP contribution in [0.4, 0.5) is 0 Å². The molecule has 0 heterocycles. The molecule has 0 aliphatic heterocycles. The highest BCUT2D eigenvalue weighted by Crippen LogP contribution is 2.52. The molecule has 1 aromatic carbocycles. The van der Waals surface area contributed by atoms with Crippen molar-refractivity contribution >= 4 is 21.9 Å². The lowest BCUT2D eigenvalue weighted by molar-refractivity contribution is -0.137. The van der Waals surface area contributed by atoms with Crippen LogP contribution in [-0.2, 0) is 11.3 Å². The molecule has 0 aromatic heterocycles. The van der Waals surface area contributed by atoms with E-state index in [0.29, 0.717) is 5.92 Å². The molecule has 2 N–H and O–H groups in total. The van der Waals surface area contributed by atoms with Crippen LogP contribution < -0.4 is 5.32 Å². The van der Waals surface area contributed by atoms with E-state index in [1.54, 1.807) is 0 Å². The van der Waals surface area contributed by atoms with Crippen LogP contribution in [0.5, 0.6) is 0 Å². The summed E-state index contributed by atoms with van der Waals surface area (Å²) >= 11 is 3.67. The van der Waals surface area contributed by atoms with Gasteiger partial charge in [0.15, 0.2) is 0 Å². The monoisotopic (exact) mass is 419 g/mol. The molecule has 2 bridgehead atoms. The number of fused-ring (bicyclic) bond motifs is 2. The summed E-state index contributed by atoms with van der Waals surface area (Å²) in [5, 5.41) is 12.4. The molecule has 0 spiro atoms. The number of halogens is 1. The smallest absolute Gasteiger partial charge is 0.303 e. The second-order valence-corrected chi connectivity index (χ2v) is 8.87. The van der Waals surface area contributed by atoms with Crippen LogP contribution in [0.1, 0.15) is 49.7 Å². The van der Waals surface area contributed by atoms with Gasteiger partial charge in [-0.1, -0.05) is 40.2 Å². The normalized spacial score (nSPS) is 27.5. The van der Waals surface area contributed by atoms with Crippen molar-refractivity contribution in [1.29, 1.82) is 0 Å². The molecule has 26 heavy (non-hydrogen) atoms. The SMILES string of the molecule is Cc1ccc(CNC[C@H]2[C@@H]3CC[C@@H](C3)[C@@H]2/C=C\CCCC(=O)O)c(Br)c1. The number of aryl methyl sites for hydroxylation is 1. The summed E-state index contributed by atoms with van der Waals surface area (Å²) in [5.41, 5.74) is 2.60. The summed E-state index contributed by atoms with van der Waals surface area (Å²) in [4.78, 5) is 10.6. The number of carboxylic acids is 1. The van der Waals surface area contributed by atoms with E-state index >= 15 is 0 Å². The van der Waals surface area contributed by atoms with Gasteiger partial charge in [-0.15, -0.1) is 0 Å². The van der Waals surface area contributed by atoms with Crippen molar-refractivity contribution in [2.45, 2.75) is 52.0 Å². The van der Waals surface area contributed by atoms with Gasteiger partial charge in [-0.05, 0) is 86.4 Å². The maximum atomic E-state index is 10.6. The van der Waals surface area contributed by atoms with Crippen molar-refractivity contribution in [2.75, 3.05) is 6.54 Å². The molecule has 0 amide bonds. The summed E-state index contributed by atoms with van der Waals surface area (Å²) in [5.74, 6) is 2.42. The molecule has 3 nitrogen and oxygen atoms in total. The summed E-state index contributed by atoms with van der Waals surface area (Å²) in [6, 6.07) is 6.55. The molecule has 0 radical (unpaired) electrons. The fraction of sp³-hybridized carbons (Fsp3) is 0.591. The van der Waals surface area contributed by atoms with Gasteiger partial charge >= 0.3 is 5.97 Å². The molecule has 0 unspecified atom stereocenters. The predicted octanol–water partition coefficient (Wildman–Crippen LogP) is 5.32. The second-order valence-electron chi connectivity index (χ2n) is 8.01. The van der Waals surface area contributed by atoms with Crippen LogP contribution in [0.25, 0.3) is 0 Å². The highest BCUT2D eigenvalue weighted by atomic mass is 79.9. The van der Waals surface area contributed by atoms with Gasteiger partial charge in [0.25, 0.3) is 0 Å². The molecule has 2 aliphatic carbocycles. The van der Waals surface area contributed by atoms with Gasteiger partial charge in [0.05, 0.1) is 0 Å². The lowest BCUT2D eigenvalue weighted by Crippen LogP contribution is -2.31. The number of rotatable bonds is 9. The maximum absolute atomic E-state index is 10.6. The molecule has 0 saturated heterocycles. The molecule has 4 heteroatoms. The Labute approximate surface area is 165 Å². The summed E-state index contributed by atoms with van der Waals surface area (Å²) < 4.78 is 1.19. The Balaban J connectivity index is 1.50. The fourth-order valence-corrected chi connectivity index (χ4v) is 5.48. The topological polar surface area (TPSA) is 49.3 Å². The highest BCUT2D eigenvalue weighted by Gasteiger charge is 2.45. The van der Waals surface area contributed by atoms with E-state index in [4.69, 9.17) is 5.11 Å². The largest absolute Gasteiger partial charge is 0.481 e. The highest BCUT2D eigenvalue weighted by molar-refractivity contribution is 9.10. The van der Waals surface area contributed by atoms with E-state index in [-0.39, 0.29) is 6.42 Å². The number of hydrogen-bond donors (Lipinski definition) is 2. The van der Waals surface area contributed by atoms with Gasteiger partial charge in [-0.25, -0.2) is 0 Å². The van der Waals surface area contributed by atoms with Crippen molar-refractivity contribution < 1.29 is 9.90 Å². The van der Waals surface area contributed by atoms with Gasteiger partial charge in [0.1, 0.15) is 0 Å². The molecule has 2 saturated carbocycles. The van der Waals surface area contributed by atoms with Crippen LogP contribution in [0, 0.1) is 30.6 Å². The lowest BCUT2D eigenvalue weighted by atomic mass is 9.79. The van der Waals surface area contributed by atoms with Gasteiger partial charge in [0.2, 0.25) is 0 Å². The Hall–Kier alpha value is -1.13. The molecule has 2 aliphatic rings. The van der Waals surface area contributed by atoms with Crippen molar-refractivity contribution in [1.82, 2.24) is 5.32 Å². The molecule has 2 fully saturated rings. The number of carboxylic acid groups (broad SMARTS) is 1. The van der Waals surface area contributed by atoms with Gasteiger partial charge in [0, 0.05) is 17.4 Å². The quantitative estimate of drug-likeness (QED) is 0.420. The zero-order chi connectivity index (χ0) is 18.5. The Morgan fingerprint density at radius 3 is 2.92 bits per heavy atom. The standard InChI is InChI=1S/C22H30BrNO2/c1-15-7-8-18(21(23)11-15)13-24-14-20-17-10-9-16(12-17)19(20)5-3-2-4-6-22(25)26/h3,5,7-8,11,16-17,19-20,24H,2,4,6,9-10,12-14H2,1H3,(H,25,26)/b5-3-/t16-,17+,19-,20-/m0/s1. The number of allylic oxidation sites excluding steroid dienone is 2. The van der Waals surface area contributed by atoms with Crippen molar-refractivity contribution in [3.63, 3.8) is 0 Å². The third kappa shape index (κ3) is 4.98. The van der Waals surface area contributed by atoms with E-state index in [1.165, 1.54) is 34.9 Å². The van der Waals surface area contributed by atoms with E-state index in [1.807, 2.05) is 0 Å². The van der Waals surface area contributed by atoms with Crippen LogP contribution in [-0.4, -0.2) is 17.6 Å². The lowest BCUT2D eigenvalue weighted by Gasteiger charge is -2.29. The van der Waals surface area contributed by atoms with Crippen molar-refractivity contribution in [2.24, 2.45) is 23.7 Å². The van der Waals surface area contributed by atoms with Gasteiger partial charge < -0.3 is 10.4 Å². The second kappa shape index (κ2) is 9.18. The van der Waals surface area contributed by atoms with Crippen molar-refractivity contribution in [3.8, 4) is 0 Å². The van der Waals surface area contributed by atoms with Gasteiger partial charge in [-0.2, -0.15) is 0 Å². The number of aliphatic carboxylic acids is 1. The molecular formula is C22H30BrNO2. The minimum atomic E-state index is -0.692. The molecule has 4 atom stereocenters. The molecule has 3 rings (SSSR count). The molecule has 142 valence electrons. The van der Waals surface area contributed by atoms with Crippen LogP contribution in [0.15, 0.2) is 34.8 Å². The summed E-state index contributed by atoms with van der Waals surface area (Å²) in [6.07, 6.45) is 10.7. The average Bonchev–Trinajstić information content (AvgIpc) is 3.18. The first-order valence-corrected chi connectivity index (χ1v) is 10.7. The number of carbonyl (C=O) groups is 1. The van der Waals surface area contributed by atoms with E-state index in [0.717, 1.165) is 43.7 Å².